The first-order chi connectivity index (χ1) is 5.08. The summed E-state index contributed by atoms with van der Waals surface area (Å²) in [7, 11) is 0. The second-order valence-corrected chi connectivity index (χ2v) is 4.10. The summed E-state index contributed by atoms with van der Waals surface area (Å²) in [5.74, 6) is 0. The van der Waals surface area contributed by atoms with E-state index in [0.717, 1.165) is 13.1 Å². The first-order valence-corrected chi connectivity index (χ1v) is 4.51. The van der Waals surface area contributed by atoms with Gasteiger partial charge in [0.1, 0.15) is 5.60 Å². The van der Waals surface area contributed by atoms with Gasteiger partial charge in [0.05, 0.1) is 0 Å². The second-order valence-electron chi connectivity index (χ2n) is 4.10. The molecular formula is C9H18NO. The molecule has 1 radical (unpaired) electrons. The van der Waals surface area contributed by atoms with Crippen LogP contribution in [0.25, 0.3) is 0 Å². The molecule has 1 heterocycles. The van der Waals surface area contributed by atoms with Crippen LogP contribution in [0.15, 0.2) is 0 Å². The Morgan fingerprint density at radius 2 is 1.73 bits per heavy atom. The Morgan fingerprint density at radius 1 is 1.18 bits per heavy atom. The average Bonchev–Trinajstić information content (AvgIpc) is 1.85. The van der Waals surface area contributed by atoms with Crippen molar-refractivity contribution in [1.29, 1.82) is 0 Å². The van der Waals surface area contributed by atoms with Crippen LogP contribution in [-0.2, 0) is 5.11 Å². The van der Waals surface area contributed by atoms with Gasteiger partial charge in [-0.2, -0.15) is 0 Å². The van der Waals surface area contributed by atoms with E-state index in [0.29, 0.717) is 6.54 Å². The fraction of sp³-hybridized carbons (Fsp3) is 1.00. The monoisotopic (exact) mass is 156 g/mol. The highest BCUT2D eigenvalue weighted by Crippen LogP contribution is 2.12. The second kappa shape index (κ2) is 3.55. The van der Waals surface area contributed by atoms with Crippen LogP contribution < -0.4 is 0 Å². The fourth-order valence-electron chi connectivity index (χ4n) is 1.66. The first kappa shape index (κ1) is 9.01. The molecule has 1 rings (SSSR count). The normalized spacial score (nSPS) is 22.1. The largest absolute Gasteiger partial charge is 0.300 e. The molecular weight excluding hydrogens is 138 g/mol. The van der Waals surface area contributed by atoms with E-state index in [2.05, 4.69) is 4.90 Å². The van der Waals surface area contributed by atoms with Crippen molar-refractivity contribution in [3.63, 3.8) is 0 Å². The minimum absolute atomic E-state index is 0.715. The molecule has 0 saturated carbocycles. The summed E-state index contributed by atoms with van der Waals surface area (Å²) in [5.41, 5.74) is -0.767. The molecule has 65 valence electrons. The van der Waals surface area contributed by atoms with E-state index in [1.807, 2.05) is 0 Å². The van der Waals surface area contributed by atoms with Gasteiger partial charge >= 0.3 is 0 Å². The molecule has 1 fully saturated rings. The topological polar surface area (TPSA) is 23.1 Å². The summed E-state index contributed by atoms with van der Waals surface area (Å²) >= 11 is 0. The quantitative estimate of drug-likeness (QED) is 0.596. The number of rotatable bonds is 2. The predicted molar refractivity (Wildman–Crippen MR) is 45.1 cm³/mol. The number of likely N-dealkylation sites (tertiary alicyclic amines) is 1. The standard InChI is InChI=1S/C9H18NO/c1-9(2,11)8-10-6-4-3-5-7-10/h3-8H2,1-2H3. The Kier molecular flexibility index (Phi) is 2.90. The highest BCUT2D eigenvalue weighted by molar-refractivity contribution is 4.73. The summed E-state index contributed by atoms with van der Waals surface area (Å²) < 4.78 is 0. The molecule has 0 N–H and O–H groups in total. The SMILES string of the molecule is CC(C)([O])CN1CCCCC1. The minimum Gasteiger partial charge on any atom is -0.300 e. The minimum atomic E-state index is -0.767. The van der Waals surface area contributed by atoms with Gasteiger partial charge in [-0.15, -0.1) is 0 Å². The molecule has 0 amide bonds. The molecule has 0 spiro atoms. The zero-order valence-corrected chi connectivity index (χ0v) is 7.60. The molecule has 0 unspecified atom stereocenters. The molecule has 0 aromatic rings. The number of hydrogen-bond acceptors (Lipinski definition) is 1. The van der Waals surface area contributed by atoms with Crippen molar-refractivity contribution in [3.05, 3.63) is 0 Å². The van der Waals surface area contributed by atoms with Crippen molar-refractivity contribution in [2.45, 2.75) is 38.7 Å². The third-order valence-electron chi connectivity index (χ3n) is 2.05. The lowest BCUT2D eigenvalue weighted by Gasteiger charge is -2.30. The van der Waals surface area contributed by atoms with E-state index in [9.17, 15) is 5.11 Å². The van der Waals surface area contributed by atoms with Gasteiger partial charge in [0.2, 0.25) is 0 Å². The van der Waals surface area contributed by atoms with E-state index in [1.54, 1.807) is 13.8 Å². The van der Waals surface area contributed by atoms with Gasteiger partial charge in [-0.3, -0.25) is 0 Å². The Balaban J connectivity index is 2.24. The van der Waals surface area contributed by atoms with Gasteiger partial charge in [-0.05, 0) is 39.8 Å². The Hall–Kier alpha value is -0.0800. The van der Waals surface area contributed by atoms with Crippen LogP contribution >= 0.6 is 0 Å². The van der Waals surface area contributed by atoms with Gasteiger partial charge in [-0.1, -0.05) is 6.42 Å². The molecule has 0 bridgehead atoms. The third kappa shape index (κ3) is 3.73. The maximum Gasteiger partial charge on any atom is 0.111 e. The van der Waals surface area contributed by atoms with E-state index >= 15 is 0 Å². The Bertz CT molecular complexity index is 111. The number of nitrogens with zero attached hydrogens (tertiary/aromatic N) is 1. The van der Waals surface area contributed by atoms with Crippen molar-refractivity contribution in [3.8, 4) is 0 Å². The fourth-order valence-corrected chi connectivity index (χ4v) is 1.66. The molecule has 1 saturated heterocycles. The van der Waals surface area contributed by atoms with Crippen LogP contribution in [0.1, 0.15) is 33.1 Å². The van der Waals surface area contributed by atoms with Crippen molar-refractivity contribution in [2.75, 3.05) is 19.6 Å². The van der Waals surface area contributed by atoms with Crippen LogP contribution in [0.3, 0.4) is 0 Å². The summed E-state index contributed by atoms with van der Waals surface area (Å²) in [6.07, 6.45) is 3.89. The Morgan fingerprint density at radius 3 is 2.18 bits per heavy atom. The number of hydrogen-bond donors (Lipinski definition) is 0. The van der Waals surface area contributed by atoms with Gasteiger partial charge in [0, 0.05) is 6.54 Å². The lowest BCUT2D eigenvalue weighted by Crippen LogP contribution is -2.40. The smallest absolute Gasteiger partial charge is 0.111 e. The summed E-state index contributed by atoms with van der Waals surface area (Å²) in [6, 6.07) is 0. The lowest BCUT2D eigenvalue weighted by molar-refractivity contribution is -0.0281. The first-order valence-electron chi connectivity index (χ1n) is 4.51. The maximum absolute atomic E-state index is 11.3. The summed E-state index contributed by atoms with van der Waals surface area (Å²) in [6.45, 7) is 6.51. The van der Waals surface area contributed by atoms with E-state index in [4.69, 9.17) is 0 Å². The molecule has 2 nitrogen and oxygen atoms in total. The molecule has 11 heavy (non-hydrogen) atoms. The maximum atomic E-state index is 11.3. The molecule has 0 atom stereocenters. The Labute approximate surface area is 69.2 Å². The van der Waals surface area contributed by atoms with Gasteiger partial charge < -0.3 is 4.90 Å². The van der Waals surface area contributed by atoms with Crippen LogP contribution in [0.4, 0.5) is 0 Å². The summed E-state index contributed by atoms with van der Waals surface area (Å²) in [4.78, 5) is 2.29. The average molecular weight is 156 g/mol. The van der Waals surface area contributed by atoms with Crippen LogP contribution in [0, 0.1) is 0 Å². The van der Waals surface area contributed by atoms with Crippen molar-refractivity contribution in [2.24, 2.45) is 0 Å². The molecule has 1 aliphatic rings. The molecule has 2 heteroatoms. The third-order valence-corrected chi connectivity index (χ3v) is 2.05. The molecule has 0 aromatic heterocycles. The molecule has 1 aliphatic heterocycles. The van der Waals surface area contributed by atoms with Gasteiger partial charge in [0.15, 0.2) is 0 Å². The molecule has 0 aliphatic carbocycles. The van der Waals surface area contributed by atoms with E-state index in [-0.39, 0.29) is 0 Å². The van der Waals surface area contributed by atoms with Crippen LogP contribution in [0.2, 0.25) is 0 Å². The van der Waals surface area contributed by atoms with Crippen molar-refractivity contribution in [1.82, 2.24) is 4.90 Å². The van der Waals surface area contributed by atoms with Crippen LogP contribution in [0.5, 0.6) is 0 Å². The zero-order chi connectivity index (χ0) is 8.32. The highest BCUT2D eigenvalue weighted by atomic mass is 16.3. The van der Waals surface area contributed by atoms with Crippen LogP contribution in [-0.4, -0.2) is 30.1 Å². The predicted octanol–water partition coefficient (Wildman–Crippen LogP) is 1.68. The molecule has 0 aromatic carbocycles. The number of piperidine rings is 1. The summed E-state index contributed by atoms with van der Waals surface area (Å²) in [5, 5.41) is 11.3. The van der Waals surface area contributed by atoms with E-state index < -0.39 is 5.60 Å². The zero-order valence-electron chi connectivity index (χ0n) is 7.60. The van der Waals surface area contributed by atoms with Gasteiger partial charge in [0.25, 0.3) is 0 Å². The van der Waals surface area contributed by atoms with E-state index in [1.165, 1.54) is 19.3 Å². The van der Waals surface area contributed by atoms with Crippen molar-refractivity contribution >= 4 is 0 Å². The highest BCUT2D eigenvalue weighted by Gasteiger charge is 2.21. The van der Waals surface area contributed by atoms with Crippen molar-refractivity contribution < 1.29 is 5.11 Å². The van der Waals surface area contributed by atoms with Gasteiger partial charge in [-0.25, -0.2) is 5.11 Å². The lowest BCUT2D eigenvalue weighted by atomic mass is 10.1.